The van der Waals surface area contributed by atoms with E-state index in [1.165, 1.54) is 12.3 Å². The van der Waals surface area contributed by atoms with Crippen molar-refractivity contribution in [2.45, 2.75) is 31.2 Å². The van der Waals surface area contributed by atoms with Gasteiger partial charge in [0.2, 0.25) is 10.0 Å². The number of hydrogen-bond donors (Lipinski definition) is 3. The normalized spacial score (nSPS) is 14.2. The summed E-state index contributed by atoms with van der Waals surface area (Å²) in [6.45, 7) is 3.77. The molecule has 1 rings (SSSR count). The van der Waals surface area contributed by atoms with Gasteiger partial charge in [-0.1, -0.05) is 13.8 Å². The summed E-state index contributed by atoms with van der Waals surface area (Å²) in [6.07, 6.45) is 3.57. The Morgan fingerprint density at radius 1 is 1.50 bits per heavy atom. The molecule has 0 aliphatic carbocycles. The van der Waals surface area contributed by atoms with Crippen molar-refractivity contribution in [1.29, 1.82) is 0 Å². The lowest BCUT2D eigenvalue weighted by Crippen LogP contribution is -2.38. The van der Waals surface area contributed by atoms with E-state index < -0.39 is 16.1 Å². The number of aliphatic hydroxyl groups is 1. The molecule has 3 N–H and O–H groups in total. The number of aromatic amines is 1. The number of rotatable bonds is 6. The molecule has 6 heteroatoms. The van der Waals surface area contributed by atoms with Crippen LogP contribution in [0, 0.1) is 5.92 Å². The maximum atomic E-state index is 11.8. The van der Waals surface area contributed by atoms with Crippen LogP contribution < -0.4 is 4.72 Å². The van der Waals surface area contributed by atoms with Crippen LogP contribution in [0.5, 0.6) is 0 Å². The molecule has 5 nitrogen and oxygen atoms in total. The molecule has 1 atom stereocenters. The van der Waals surface area contributed by atoms with E-state index in [-0.39, 0.29) is 11.5 Å². The summed E-state index contributed by atoms with van der Waals surface area (Å²) < 4.78 is 26.1. The molecule has 0 radical (unpaired) electrons. The van der Waals surface area contributed by atoms with E-state index in [1.54, 1.807) is 6.20 Å². The molecular weight excluding hydrogens is 228 g/mol. The molecule has 0 aliphatic heterocycles. The van der Waals surface area contributed by atoms with Crippen molar-refractivity contribution in [2.75, 3.05) is 6.61 Å². The Kier molecular flexibility index (Phi) is 4.52. The average Bonchev–Trinajstić information content (AvgIpc) is 2.68. The average molecular weight is 246 g/mol. The quantitative estimate of drug-likeness (QED) is 0.691. The molecule has 1 unspecified atom stereocenters. The first-order valence-corrected chi connectivity index (χ1v) is 6.70. The number of nitrogens with one attached hydrogen (secondary N) is 2. The van der Waals surface area contributed by atoms with Gasteiger partial charge in [0.25, 0.3) is 0 Å². The van der Waals surface area contributed by atoms with Crippen molar-refractivity contribution in [3.05, 3.63) is 18.5 Å². The SMILES string of the molecule is CC(C)CC(CO)NS(=O)(=O)c1cc[nH]c1. The van der Waals surface area contributed by atoms with Crippen LogP contribution in [-0.2, 0) is 10.0 Å². The Bertz CT molecular complexity index is 398. The zero-order valence-corrected chi connectivity index (χ0v) is 10.3. The highest BCUT2D eigenvalue weighted by molar-refractivity contribution is 7.89. The van der Waals surface area contributed by atoms with Gasteiger partial charge in [0.15, 0.2) is 0 Å². The van der Waals surface area contributed by atoms with Crippen LogP contribution in [0.15, 0.2) is 23.4 Å². The van der Waals surface area contributed by atoms with Gasteiger partial charge in [0.05, 0.1) is 11.5 Å². The molecule has 1 aromatic heterocycles. The fourth-order valence-electron chi connectivity index (χ4n) is 1.49. The van der Waals surface area contributed by atoms with E-state index in [2.05, 4.69) is 9.71 Å². The number of H-pyrrole nitrogens is 1. The first-order chi connectivity index (χ1) is 7.45. The standard InChI is InChI=1S/C10H18N2O3S/c1-8(2)5-9(7-13)12-16(14,15)10-3-4-11-6-10/h3-4,6,8-9,11-13H,5,7H2,1-2H3. The van der Waals surface area contributed by atoms with E-state index >= 15 is 0 Å². The summed E-state index contributed by atoms with van der Waals surface area (Å²) in [7, 11) is -3.52. The summed E-state index contributed by atoms with van der Waals surface area (Å²) in [6, 6.07) is 1.05. The van der Waals surface area contributed by atoms with Gasteiger partial charge in [-0.2, -0.15) is 0 Å². The van der Waals surface area contributed by atoms with Crippen molar-refractivity contribution in [2.24, 2.45) is 5.92 Å². The third kappa shape index (κ3) is 3.62. The van der Waals surface area contributed by atoms with Gasteiger partial charge < -0.3 is 10.1 Å². The Labute approximate surface area is 95.9 Å². The van der Waals surface area contributed by atoms with Crippen LogP contribution >= 0.6 is 0 Å². The van der Waals surface area contributed by atoms with Gasteiger partial charge in [-0.05, 0) is 18.4 Å². The second-order valence-electron chi connectivity index (χ2n) is 4.18. The summed E-state index contributed by atoms with van der Waals surface area (Å²) >= 11 is 0. The maximum Gasteiger partial charge on any atom is 0.242 e. The lowest BCUT2D eigenvalue weighted by Gasteiger charge is -2.17. The Morgan fingerprint density at radius 3 is 2.62 bits per heavy atom. The van der Waals surface area contributed by atoms with E-state index in [1.807, 2.05) is 13.8 Å². The van der Waals surface area contributed by atoms with E-state index in [0.29, 0.717) is 12.3 Å². The third-order valence-corrected chi connectivity index (χ3v) is 3.70. The number of sulfonamides is 1. The minimum absolute atomic E-state index is 0.190. The summed E-state index contributed by atoms with van der Waals surface area (Å²) in [5, 5.41) is 9.10. The minimum atomic E-state index is -3.52. The first-order valence-electron chi connectivity index (χ1n) is 5.21. The maximum absolute atomic E-state index is 11.8. The van der Waals surface area contributed by atoms with E-state index in [9.17, 15) is 8.42 Å². The molecule has 0 amide bonds. The molecule has 0 fully saturated rings. The van der Waals surface area contributed by atoms with Crippen LogP contribution in [0.2, 0.25) is 0 Å². The molecule has 1 aromatic rings. The monoisotopic (exact) mass is 246 g/mol. The fraction of sp³-hybridized carbons (Fsp3) is 0.600. The predicted molar refractivity (Wildman–Crippen MR) is 61.4 cm³/mol. The molecule has 0 bridgehead atoms. The number of hydrogen-bond acceptors (Lipinski definition) is 3. The summed E-state index contributed by atoms with van der Waals surface area (Å²) in [4.78, 5) is 2.88. The third-order valence-electron chi connectivity index (χ3n) is 2.18. The van der Waals surface area contributed by atoms with Crippen molar-refractivity contribution in [1.82, 2.24) is 9.71 Å². The van der Waals surface area contributed by atoms with Gasteiger partial charge in [0, 0.05) is 18.4 Å². The molecular formula is C10H18N2O3S. The molecule has 0 saturated heterocycles. The second kappa shape index (κ2) is 5.47. The predicted octanol–water partition coefficient (Wildman–Crippen LogP) is 0.700. The molecule has 1 heterocycles. The molecule has 16 heavy (non-hydrogen) atoms. The van der Waals surface area contributed by atoms with Gasteiger partial charge in [-0.15, -0.1) is 0 Å². The number of aromatic nitrogens is 1. The minimum Gasteiger partial charge on any atom is -0.395 e. The first kappa shape index (κ1) is 13.2. The van der Waals surface area contributed by atoms with Crippen molar-refractivity contribution in [3.63, 3.8) is 0 Å². The molecule has 0 saturated carbocycles. The topological polar surface area (TPSA) is 82.2 Å². The van der Waals surface area contributed by atoms with Crippen molar-refractivity contribution in [3.8, 4) is 0 Å². The van der Waals surface area contributed by atoms with Crippen LogP contribution in [0.1, 0.15) is 20.3 Å². The van der Waals surface area contributed by atoms with Crippen molar-refractivity contribution >= 4 is 10.0 Å². The number of aliphatic hydroxyl groups excluding tert-OH is 1. The molecule has 0 aliphatic rings. The smallest absolute Gasteiger partial charge is 0.242 e. The highest BCUT2D eigenvalue weighted by Gasteiger charge is 2.20. The fourth-order valence-corrected chi connectivity index (χ4v) is 2.71. The van der Waals surface area contributed by atoms with Gasteiger partial charge >= 0.3 is 0 Å². The van der Waals surface area contributed by atoms with Gasteiger partial charge in [-0.3, -0.25) is 0 Å². The Morgan fingerprint density at radius 2 is 2.19 bits per heavy atom. The van der Waals surface area contributed by atoms with Gasteiger partial charge in [0.1, 0.15) is 0 Å². The zero-order valence-electron chi connectivity index (χ0n) is 9.47. The van der Waals surface area contributed by atoms with Crippen LogP contribution in [0.4, 0.5) is 0 Å². The summed E-state index contributed by atoms with van der Waals surface area (Å²) in [5.41, 5.74) is 0. The van der Waals surface area contributed by atoms with E-state index in [0.717, 1.165) is 0 Å². The van der Waals surface area contributed by atoms with Crippen LogP contribution in [0.25, 0.3) is 0 Å². The largest absolute Gasteiger partial charge is 0.395 e. The highest BCUT2D eigenvalue weighted by Crippen LogP contribution is 2.10. The lowest BCUT2D eigenvalue weighted by atomic mass is 10.1. The van der Waals surface area contributed by atoms with Crippen LogP contribution in [0.3, 0.4) is 0 Å². The highest BCUT2D eigenvalue weighted by atomic mass is 32.2. The Hall–Kier alpha value is -0.850. The summed E-state index contributed by atoms with van der Waals surface area (Å²) in [5.74, 6) is 0.325. The molecule has 0 spiro atoms. The van der Waals surface area contributed by atoms with Crippen molar-refractivity contribution < 1.29 is 13.5 Å². The second-order valence-corrected chi connectivity index (χ2v) is 5.89. The Balaban J connectivity index is 2.71. The van der Waals surface area contributed by atoms with Gasteiger partial charge in [-0.25, -0.2) is 13.1 Å². The van der Waals surface area contributed by atoms with Crippen LogP contribution in [-0.4, -0.2) is 31.2 Å². The van der Waals surface area contributed by atoms with E-state index in [4.69, 9.17) is 5.11 Å². The molecule has 92 valence electrons. The zero-order chi connectivity index (χ0) is 12.2. The molecule has 0 aromatic carbocycles. The lowest BCUT2D eigenvalue weighted by molar-refractivity contribution is 0.240.